The van der Waals surface area contributed by atoms with Gasteiger partial charge in [-0.1, -0.05) is 36.4 Å². The summed E-state index contributed by atoms with van der Waals surface area (Å²) in [5.74, 6) is 0.701. The van der Waals surface area contributed by atoms with Crippen LogP contribution < -0.4 is 15.4 Å². The molecule has 0 saturated carbocycles. The highest BCUT2D eigenvalue weighted by molar-refractivity contribution is 5.73. The van der Waals surface area contributed by atoms with Gasteiger partial charge in [-0.3, -0.25) is 4.99 Å². The Labute approximate surface area is 148 Å². The van der Waals surface area contributed by atoms with Gasteiger partial charge in [0.15, 0.2) is 6.73 Å². The smallest absolute Gasteiger partial charge is 0.159 e. The van der Waals surface area contributed by atoms with E-state index in [1.165, 1.54) is 0 Å². The lowest BCUT2D eigenvalue weighted by Crippen LogP contribution is -2.08. The molecule has 0 unspecified atom stereocenters. The van der Waals surface area contributed by atoms with Crippen molar-refractivity contribution in [2.75, 3.05) is 24.4 Å². The fourth-order valence-electron chi connectivity index (χ4n) is 2.55. The Balaban J connectivity index is 1.74. The van der Waals surface area contributed by atoms with Crippen molar-refractivity contribution >= 4 is 23.8 Å². The van der Waals surface area contributed by atoms with Crippen LogP contribution in [-0.2, 0) is 0 Å². The van der Waals surface area contributed by atoms with E-state index in [-0.39, 0.29) is 0 Å². The molecular formula is C21H21N3O. The molecule has 0 aliphatic rings. The van der Waals surface area contributed by atoms with Gasteiger partial charge in [0.05, 0.1) is 0 Å². The van der Waals surface area contributed by atoms with Crippen LogP contribution in [-0.4, -0.2) is 20.5 Å². The number of para-hydroxylation sites is 1. The minimum absolute atomic E-state index is 0.362. The first kappa shape index (κ1) is 16.6. The van der Waals surface area contributed by atoms with Crippen LogP contribution in [0, 0.1) is 0 Å². The first-order chi connectivity index (χ1) is 12.3. The quantitative estimate of drug-likeness (QED) is 0.463. The molecule has 3 aromatic carbocycles. The largest absolute Gasteiger partial charge is 0.471 e. The number of anilines is 2. The third-order valence-corrected chi connectivity index (χ3v) is 3.89. The Hall–Kier alpha value is -3.27. The van der Waals surface area contributed by atoms with Crippen LogP contribution in [0.3, 0.4) is 0 Å². The highest BCUT2D eigenvalue weighted by Crippen LogP contribution is 2.33. The SMILES string of the molecule is C=Nc1cc(-c2cccc(NC)c2)ccc1OCNc1ccccc1. The summed E-state index contributed by atoms with van der Waals surface area (Å²) >= 11 is 0. The van der Waals surface area contributed by atoms with Gasteiger partial charge >= 0.3 is 0 Å². The molecule has 25 heavy (non-hydrogen) atoms. The third kappa shape index (κ3) is 4.18. The number of ether oxygens (including phenoxy) is 1. The summed E-state index contributed by atoms with van der Waals surface area (Å²) in [6.07, 6.45) is 0. The average molecular weight is 331 g/mol. The second-order valence-corrected chi connectivity index (χ2v) is 5.50. The number of benzene rings is 3. The van der Waals surface area contributed by atoms with E-state index in [1.807, 2.05) is 67.7 Å². The summed E-state index contributed by atoms with van der Waals surface area (Å²) in [5.41, 5.74) is 4.99. The molecule has 2 N–H and O–H groups in total. The minimum atomic E-state index is 0.362. The summed E-state index contributed by atoms with van der Waals surface area (Å²) in [4.78, 5) is 4.11. The van der Waals surface area contributed by atoms with Gasteiger partial charge in [0.25, 0.3) is 0 Å². The predicted molar refractivity (Wildman–Crippen MR) is 106 cm³/mol. The topological polar surface area (TPSA) is 45.7 Å². The highest BCUT2D eigenvalue weighted by atomic mass is 16.5. The molecule has 126 valence electrons. The van der Waals surface area contributed by atoms with Gasteiger partial charge in [0.1, 0.15) is 11.4 Å². The molecule has 0 heterocycles. The van der Waals surface area contributed by atoms with Crippen molar-refractivity contribution in [3.63, 3.8) is 0 Å². The van der Waals surface area contributed by atoms with E-state index in [2.05, 4.69) is 34.5 Å². The van der Waals surface area contributed by atoms with Gasteiger partial charge in [-0.25, -0.2) is 0 Å². The highest BCUT2D eigenvalue weighted by Gasteiger charge is 2.06. The second-order valence-electron chi connectivity index (χ2n) is 5.50. The van der Waals surface area contributed by atoms with Crippen molar-refractivity contribution in [1.82, 2.24) is 0 Å². The number of rotatable bonds is 7. The molecule has 0 amide bonds. The maximum atomic E-state index is 5.81. The molecule has 3 rings (SSSR count). The molecule has 0 aromatic heterocycles. The van der Waals surface area contributed by atoms with Gasteiger partial charge in [0, 0.05) is 18.4 Å². The average Bonchev–Trinajstić information content (AvgIpc) is 2.69. The first-order valence-electron chi connectivity index (χ1n) is 8.11. The number of aliphatic imine (C=N–C) groups is 1. The minimum Gasteiger partial charge on any atom is -0.471 e. The van der Waals surface area contributed by atoms with Gasteiger partial charge in [-0.05, 0) is 54.2 Å². The van der Waals surface area contributed by atoms with Crippen molar-refractivity contribution in [3.05, 3.63) is 72.8 Å². The van der Waals surface area contributed by atoms with Gasteiger partial charge in [-0.2, -0.15) is 0 Å². The molecular weight excluding hydrogens is 310 g/mol. The molecule has 0 bridgehead atoms. The number of hydrogen-bond acceptors (Lipinski definition) is 4. The number of hydrogen-bond donors (Lipinski definition) is 2. The van der Waals surface area contributed by atoms with E-state index in [0.29, 0.717) is 12.5 Å². The first-order valence-corrected chi connectivity index (χ1v) is 8.11. The van der Waals surface area contributed by atoms with Crippen molar-refractivity contribution in [3.8, 4) is 16.9 Å². The zero-order valence-corrected chi connectivity index (χ0v) is 14.2. The Morgan fingerprint density at radius 2 is 1.64 bits per heavy atom. The van der Waals surface area contributed by atoms with E-state index in [1.54, 1.807) is 0 Å². The van der Waals surface area contributed by atoms with E-state index >= 15 is 0 Å². The van der Waals surface area contributed by atoms with Crippen molar-refractivity contribution < 1.29 is 4.74 Å². The zero-order chi connectivity index (χ0) is 17.5. The van der Waals surface area contributed by atoms with E-state index in [9.17, 15) is 0 Å². The number of nitrogens with zero attached hydrogens (tertiary/aromatic N) is 1. The van der Waals surface area contributed by atoms with Crippen LogP contribution >= 0.6 is 0 Å². The Bertz CT molecular complexity index is 847. The third-order valence-electron chi connectivity index (χ3n) is 3.89. The fraction of sp³-hybridized carbons (Fsp3) is 0.0952. The second kappa shape index (κ2) is 8.02. The molecule has 0 saturated heterocycles. The molecule has 0 atom stereocenters. The summed E-state index contributed by atoms with van der Waals surface area (Å²) in [5, 5.41) is 6.37. The maximum Gasteiger partial charge on any atom is 0.159 e. The zero-order valence-electron chi connectivity index (χ0n) is 14.2. The van der Waals surface area contributed by atoms with Crippen LogP contribution in [0.15, 0.2) is 77.8 Å². The van der Waals surface area contributed by atoms with Crippen LogP contribution in [0.5, 0.6) is 5.75 Å². The molecule has 4 nitrogen and oxygen atoms in total. The van der Waals surface area contributed by atoms with Gasteiger partial charge < -0.3 is 15.4 Å². The lowest BCUT2D eigenvalue weighted by Gasteiger charge is -2.12. The standard InChI is InChI=1S/C21H21N3O/c1-22-19-10-6-7-16(13-19)17-11-12-21(20(14-17)23-2)25-15-24-18-8-4-3-5-9-18/h3-14,22,24H,2,15H2,1H3. The molecule has 4 heteroatoms. The summed E-state index contributed by atoms with van der Waals surface area (Å²) in [6.45, 7) is 4.03. The van der Waals surface area contributed by atoms with E-state index in [4.69, 9.17) is 4.74 Å². The van der Waals surface area contributed by atoms with E-state index < -0.39 is 0 Å². The van der Waals surface area contributed by atoms with Crippen LogP contribution in [0.2, 0.25) is 0 Å². The Kier molecular flexibility index (Phi) is 5.32. The lowest BCUT2D eigenvalue weighted by molar-refractivity contribution is 0.348. The van der Waals surface area contributed by atoms with E-state index in [0.717, 1.165) is 28.2 Å². The fourth-order valence-corrected chi connectivity index (χ4v) is 2.55. The van der Waals surface area contributed by atoms with Crippen LogP contribution in [0.1, 0.15) is 0 Å². The van der Waals surface area contributed by atoms with Gasteiger partial charge in [-0.15, -0.1) is 0 Å². The van der Waals surface area contributed by atoms with Crippen molar-refractivity contribution in [1.29, 1.82) is 0 Å². The summed E-state index contributed by atoms with van der Waals surface area (Å²) in [7, 11) is 1.91. The number of nitrogens with one attached hydrogen (secondary N) is 2. The van der Waals surface area contributed by atoms with Crippen molar-refractivity contribution in [2.45, 2.75) is 0 Å². The molecule has 0 radical (unpaired) electrons. The van der Waals surface area contributed by atoms with Crippen LogP contribution in [0.4, 0.5) is 17.1 Å². The predicted octanol–water partition coefficient (Wildman–Crippen LogP) is 5.18. The Morgan fingerprint density at radius 3 is 2.40 bits per heavy atom. The monoisotopic (exact) mass is 331 g/mol. The van der Waals surface area contributed by atoms with Gasteiger partial charge in [0.2, 0.25) is 0 Å². The molecule has 3 aromatic rings. The summed E-state index contributed by atoms with van der Waals surface area (Å²) < 4.78 is 5.81. The van der Waals surface area contributed by atoms with Crippen molar-refractivity contribution in [2.24, 2.45) is 4.99 Å². The molecule has 0 spiro atoms. The molecule has 0 aliphatic carbocycles. The Morgan fingerprint density at radius 1 is 0.880 bits per heavy atom. The normalized spacial score (nSPS) is 10.1. The lowest BCUT2D eigenvalue weighted by atomic mass is 10.0. The van der Waals surface area contributed by atoms with Crippen LogP contribution in [0.25, 0.3) is 11.1 Å². The maximum absolute atomic E-state index is 5.81. The molecule has 0 fully saturated rings. The summed E-state index contributed by atoms with van der Waals surface area (Å²) in [6, 6.07) is 24.1. The molecule has 0 aliphatic heterocycles.